The summed E-state index contributed by atoms with van der Waals surface area (Å²) in [5.41, 5.74) is 0.372. The van der Waals surface area contributed by atoms with Gasteiger partial charge in [-0.25, -0.2) is 0 Å². The minimum atomic E-state index is -2.87. The highest BCUT2D eigenvalue weighted by molar-refractivity contribution is 6.62. The van der Waals surface area contributed by atoms with E-state index in [1.54, 1.807) is 13.0 Å². The molecule has 0 aromatic heterocycles. The predicted octanol–water partition coefficient (Wildman–Crippen LogP) is 1.82. The van der Waals surface area contributed by atoms with Crippen molar-refractivity contribution in [1.29, 1.82) is 0 Å². The highest BCUT2D eigenvalue weighted by Crippen LogP contribution is 2.15. The molecule has 0 radical (unpaired) electrons. The van der Waals surface area contributed by atoms with Crippen molar-refractivity contribution in [3.63, 3.8) is 0 Å². The van der Waals surface area contributed by atoms with Crippen LogP contribution in [-0.4, -0.2) is 41.7 Å². The molecular formula is C13H25NO4Si. The van der Waals surface area contributed by atoms with Gasteiger partial charge in [0.1, 0.15) is 0 Å². The molecule has 1 atom stereocenters. The minimum absolute atomic E-state index is 0.142. The topological polar surface area (TPSA) is 56.8 Å². The van der Waals surface area contributed by atoms with Crippen LogP contribution in [0, 0.1) is 0 Å². The minimum Gasteiger partial charge on any atom is -0.376 e. The quantitative estimate of drug-likeness (QED) is 0.399. The number of hydrogen-bond donors (Lipinski definition) is 1. The fourth-order valence-corrected chi connectivity index (χ4v) is 3.90. The molecule has 5 nitrogen and oxygen atoms in total. The van der Waals surface area contributed by atoms with Crippen LogP contribution < -0.4 is 5.32 Å². The second kappa shape index (κ2) is 9.03. The first kappa shape index (κ1) is 18.0. The van der Waals surface area contributed by atoms with Crippen molar-refractivity contribution < 1.29 is 18.1 Å². The summed E-state index contributed by atoms with van der Waals surface area (Å²) in [7, 11) is 1.74. The van der Waals surface area contributed by atoms with Gasteiger partial charge in [0.15, 0.2) is 0 Å². The average Bonchev–Trinajstić information content (AvgIpc) is 2.45. The molecule has 0 rings (SSSR count). The van der Waals surface area contributed by atoms with Crippen LogP contribution in [0.1, 0.15) is 26.7 Å². The van der Waals surface area contributed by atoms with Crippen molar-refractivity contribution in [3.05, 3.63) is 24.3 Å². The van der Waals surface area contributed by atoms with Crippen LogP contribution in [0.4, 0.5) is 0 Å². The molecule has 1 N–H and O–H groups in total. The van der Waals surface area contributed by atoms with Gasteiger partial charge in [-0.15, -0.1) is 6.58 Å². The van der Waals surface area contributed by atoms with Gasteiger partial charge >= 0.3 is 8.80 Å². The predicted molar refractivity (Wildman–Crippen MR) is 77.6 cm³/mol. The van der Waals surface area contributed by atoms with Gasteiger partial charge in [0.25, 0.3) is 0 Å². The summed E-state index contributed by atoms with van der Waals surface area (Å²) in [6.45, 7) is 7.33. The third kappa shape index (κ3) is 4.91. The van der Waals surface area contributed by atoms with Gasteiger partial charge in [0, 0.05) is 26.9 Å². The van der Waals surface area contributed by atoms with E-state index in [2.05, 4.69) is 11.9 Å². The fraction of sp³-hybridized carbons (Fsp3) is 0.615. The van der Waals surface area contributed by atoms with Crippen LogP contribution in [0.2, 0.25) is 0 Å². The van der Waals surface area contributed by atoms with Gasteiger partial charge in [-0.1, -0.05) is 19.1 Å². The number of allylic oxidation sites excluding steroid dienone is 2. The number of carbonyl (C=O) groups excluding carboxylic acids is 1. The Bertz CT molecular complexity index is 318. The molecular weight excluding hydrogens is 262 g/mol. The molecule has 0 aromatic carbocycles. The molecule has 1 amide bonds. The van der Waals surface area contributed by atoms with E-state index in [9.17, 15) is 4.79 Å². The lowest BCUT2D eigenvalue weighted by atomic mass is 10.2. The van der Waals surface area contributed by atoms with Crippen molar-refractivity contribution in [1.82, 2.24) is 5.32 Å². The maximum Gasteiger partial charge on any atom is 0.523 e. The summed E-state index contributed by atoms with van der Waals surface area (Å²) in [5, 5.41) is 2.91. The lowest BCUT2D eigenvalue weighted by molar-refractivity contribution is -0.118. The number of nitrogens with one attached hydrogen (secondary N) is 1. The summed E-state index contributed by atoms with van der Waals surface area (Å²) >= 11 is 0. The molecule has 0 saturated heterocycles. The molecule has 0 aliphatic heterocycles. The number of hydrogen-bond acceptors (Lipinski definition) is 4. The van der Waals surface area contributed by atoms with E-state index in [1.807, 2.05) is 13.0 Å². The zero-order valence-corrected chi connectivity index (χ0v) is 13.5. The maximum atomic E-state index is 12.1. The van der Waals surface area contributed by atoms with E-state index < -0.39 is 8.80 Å². The summed E-state index contributed by atoms with van der Waals surface area (Å²) in [6, 6.07) is 0. The number of carbonyl (C=O) groups is 1. The molecule has 0 spiro atoms. The normalized spacial score (nSPS) is 14.1. The average molecular weight is 287 g/mol. The number of amides is 1. The van der Waals surface area contributed by atoms with E-state index in [0.29, 0.717) is 18.4 Å². The Balaban J connectivity index is 4.89. The number of rotatable bonds is 9. The van der Waals surface area contributed by atoms with Crippen molar-refractivity contribution in [3.8, 4) is 0 Å². The lowest BCUT2D eigenvalue weighted by Gasteiger charge is -2.32. The zero-order valence-electron chi connectivity index (χ0n) is 12.5. The van der Waals surface area contributed by atoms with Crippen molar-refractivity contribution in [2.45, 2.75) is 32.4 Å². The van der Waals surface area contributed by atoms with Crippen LogP contribution in [-0.2, 0) is 18.1 Å². The highest BCUT2D eigenvalue weighted by Gasteiger charge is 2.47. The van der Waals surface area contributed by atoms with Crippen LogP contribution in [0.5, 0.6) is 0 Å². The van der Waals surface area contributed by atoms with E-state index in [1.165, 1.54) is 21.3 Å². The van der Waals surface area contributed by atoms with Crippen molar-refractivity contribution in [2.24, 2.45) is 0 Å². The van der Waals surface area contributed by atoms with Gasteiger partial charge in [0.05, 0.1) is 5.67 Å². The van der Waals surface area contributed by atoms with Crippen LogP contribution >= 0.6 is 0 Å². The molecule has 0 aliphatic carbocycles. The molecule has 19 heavy (non-hydrogen) atoms. The van der Waals surface area contributed by atoms with Gasteiger partial charge in [-0.2, -0.15) is 0 Å². The largest absolute Gasteiger partial charge is 0.523 e. The molecule has 0 fully saturated rings. The van der Waals surface area contributed by atoms with Crippen LogP contribution in [0.15, 0.2) is 24.3 Å². The van der Waals surface area contributed by atoms with Crippen LogP contribution in [0.3, 0.4) is 0 Å². The molecule has 6 heteroatoms. The summed E-state index contributed by atoms with van der Waals surface area (Å²) in [4.78, 5) is 12.1. The third-order valence-electron chi connectivity index (χ3n) is 2.94. The highest BCUT2D eigenvalue weighted by atomic mass is 28.4. The van der Waals surface area contributed by atoms with E-state index in [4.69, 9.17) is 13.3 Å². The molecule has 0 aromatic rings. The van der Waals surface area contributed by atoms with Gasteiger partial charge in [-0.3, -0.25) is 4.79 Å². The van der Waals surface area contributed by atoms with Gasteiger partial charge < -0.3 is 18.6 Å². The lowest BCUT2D eigenvalue weighted by Crippen LogP contribution is -2.61. The summed E-state index contributed by atoms with van der Waals surface area (Å²) in [6.07, 6.45) is 4.90. The first-order valence-corrected chi connectivity index (χ1v) is 8.05. The Kier molecular flexibility index (Phi) is 8.58. The smallest absolute Gasteiger partial charge is 0.376 e. The standard InChI is InChI=1S/C13H25NO4Si/c1-7-9-10-11(3)13(15)14-12(8-2)19(16-4,17-5)18-6/h7,10,12H,1,8-9H2,2-6H3,(H,14,15)/b11-10+. The second-order valence-electron chi connectivity index (χ2n) is 4.06. The molecule has 110 valence electrons. The second-order valence-corrected chi connectivity index (χ2v) is 7.19. The van der Waals surface area contributed by atoms with Crippen LogP contribution in [0.25, 0.3) is 0 Å². The molecule has 0 heterocycles. The Morgan fingerprint density at radius 2 is 1.84 bits per heavy atom. The first-order valence-electron chi connectivity index (χ1n) is 6.25. The SMILES string of the molecule is C=CC/C=C(\C)C(=O)NC(CC)[Si](OC)(OC)OC. The monoisotopic (exact) mass is 287 g/mol. The van der Waals surface area contributed by atoms with Crippen molar-refractivity contribution >= 4 is 14.7 Å². The zero-order chi connectivity index (χ0) is 14.9. The summed E-state index contributed by atoms with van der Waals surface area (Å²) in [5.74, 6) is -0.142. The third-order valence-corrected chi connectivity index (χ3v) is 6.06. The molecule has 0 bridgehead atoms. The Labute approximate surface area is 117 Å². The van der Waals surface area contributed by atoms with Gasteiger partial charge in [0.2, 0.25) is 5.91 Å². The summed E-state index contributed by atoms with van der Waals surface area (Å²) < 4.78 is 16.2. The van der Waals surface area contributed by atoms with Crippen molar-refractivity contribution in [2.75, 3.05) is 21.3 Å². The van der Waals surface area contributed by atoms with E-state index >= 15 is 0 Å². The maximum absolute atomic E-state index is 12.1. The Morgan fingerprint density at radius 3 is 2.21 bits per heavy atom. The molecule has 0 saturated carbocycles. The fourth-order valence-electron chi connectivity index (χ4n) is 1.74. The Morgan fingerprint density at radius 1 is 1.32 bits per heavy atom. The molecule has 1 unspecified atom stereocenters. The Hall–Kier alpha value is -0.953. The van der Waals surface area contributed by atoms with E-state index in [-0.39, 0.29) is 11.6 Å². The van der Waals surface area contributed by atoms with Gasteiger partial charge in [-0.05, 0) is 19.8 Å². The van der Waals surface area contributed by atoms with E-state index in [0.717, 1.165) is 0 Å². The molecule has 0 aliphatic rings. The first-order chi connectivity index (χ1) is 9.01.